The van der Waals surface area contributed by atoms with E-state index < -0.39 is 0 Å². The first kappa shape index (κ1) is 15.9. The van der Waals surface area contributed by atoms with Crippen LogP contribution in [0.5, 0.6) is 5.75 Å². The van der Waals surface area contributed by atoms with Crippen molar-refractivity contribution in [2.24, 2.45) is 23.2 Å². The van der Waals surface area contributed by atoms with Gasteiger partial charge in [-0.15, -0.1) is 0 Å². The molecule has 0 saturated heterocycles. The van der Waals surface area contributed by atoms with Crippen LogP contribution in [0, 0.1) is 23.2 Å². The highest BCUT2D eigenvalue weighted by atomic mass is 16.5. The van der Waals surface area contributed by atoms with Gasteiger partial charge in [-0.2, -0.15) is 0 Å². The molecule has 0 amide bonds. The molecule has 0 bridgehead atoms. The summed E-state index contributed by atoms with van der Waals surface area (Å²) in [6.45, 7) is 4.52. The smallest absolute Gasteiger partial charge is 0.162 e. The SMILES string of the molecule is CC[C@@H]1Cc2cc(OC)ccc2[C@H]2CC[C@]3(CC)C(=O)C=C[C@H]3[C@H]12. The van der Waals surface area contributed by atoms with Gasteiger partial charge in [0.05, 0.1) is 7.11 Å². The molecule has 0 aromatic heterocycles. The number of hydrogen-bond acceptors (Lipinski definition) is 2. The summed E-state index contributed by atoms with van der Waals surface area (Å²) >= 11 is 0. The summed E-state index contributed by atoms with van der Waals surface area (Å²) < 4.78 is 5.45. The van der Waals surface area contributed by atoms with Crippen LogP contribution in [0.25, 0.3) is 0 Å². The minimum Gasteiger partial charge on any atom is -0.497 e. The molecule has 3 aliphatic carbocycles. The van der Waals surface area contributed by atoms with Crippen LogP contribution in [0.2, 0.25) is 0 Å². The Kier molecular flexibility index (Phi) is 3.82. The Morgan fingerprint density at radius 3 is 2.83 bits per heavy atom. The van der Waals surface area contributed by atoms with Crippen molar-refractivity contribution in [1.29, 1.82) is 0 Å². The second kappa shape index (κ2) is 5.75. The number of methoxy groups -OCH3 is 1. The maximum atomic E-state index is 12.7. The van der Waals surface area contributed by atoms with Crippen LogP contribution in [-0.2, 0) is 11.2 Å². The van der Waals surface area contributed by atoms with Crippen LogP contribution in [-0.4, -0.2) is 12.9 Å². The van der Waals surface area contributed by atoms with Gasteiger partial charge < -0.3 is 4.74 Å². The highest BCUT2D eigenvalue weighted by molar-refractivity contribution is 5.98. The van der Waals surface area contributed by atoms with Gasteiger partial charge in [0.15, 0.2) is 5.78 Å². The van der Waals surface area contributed by atoms with Gasteiger partial charge in [-0.1, -0.05) is 32.4 Å². The lowest BCUT2D eigenvalue weighted by atomic mass is 9.51. The van der Waals surface area contributed by atoms with Gasteiger partial charge in [-0.3, -0.25) is 4.79 Å². The first-order chi connectivity index (χ1) is 11.6. The fourth-order valence-corrected chi connectivity index (χ4v) is 6.00. The third kappa shape index (κ3) is 2.04. The third-order valence-corrected chi connectivity index (χ3v) is 7.30. The number of carbonyl (C=O) groups is 1. The predicted octanol–water partition coefficient (Wildman–Crippen LogP) is 4.92. The molecule has 0 aliphatic heterocycles. The molecule has 0 spiro atoms. The first-order valence-corrected chi connectivity index (χ1v) is 9.54. The Labute approximate surface area is 145 Å². The van der Waals surface area contributed by atoms with Crippen molar-refractivity contribution in [2.75, 3.05) is 7.11 Å². The van der Waals surface area contributed by atoms with Gasteiger partial charge >= 0.3 is 0 Å². The molecular weight excluding hydrogens is 296 g/mol. The lowest BCUT2D eigenvalue weighted by molar-refractivity contribution is -0.129. The fraction of sp³-hybridized carbons (Fsp3) is 0.591. The topological polar surface area (TPSA) is 26.3 Å². The number of hydrogen-bond donors (Lipinski definition) is 0. The third-order valence-electron chi connectivity index (χ3n) is 7.30. The number of rotatable bonds is 3. The van der Waals surface area contributed by atoms with Gasteiger partial charge in [0.25, 0.3) is 0 Å². The lowest BCUT2D eigenvalue weighted by Gasteiger charge is -2.52. The average molecular weight is 324 g/mol. The molecule has 3 aliphatic rings. The van der Waals surface area contributed by atoms with Gasteiger partial charge in [-0.05, 0) is 78.7 Å². The average Bonchev–Trinajstić information content (AvgIpc) is 2.97. The fourth-order valence-electron chi connectivity index (χ4n) is 6.00. The van der Waals surface area contributed by atoms with E-state index in [-0.39, 0.29) is 5.41 Å². The quantitative estimate of drug-likeness (QED) is 0.788. The zero-order chi connectivity index (χ0) is 16.9. The van der Waals surface area contributed by atoms with E-state index in [1.807, 2.05) is 6.08 Å². The van der Waals surface area contributed by atoms with Crippen molar-refractivity contribution in [3.05, 3.63) is 41.5 Å². The van der Waals surface area contributed by atoms with Gasteiger partial charge in [0, 0.05) is 5.41 Å². The lowest BCUT2D eigenvalue weighted by Crippen LogP contribution is -2.47. The minimum absolute atomic E-state index is 0.0987. The molecule has 1 fully saturated rings. The second-order valence-corrected chi connectivity index (χ2v) is 7.92. The molecule has 128 valence electrons. The summed E-state index contributed by atoms with van der Waals surface area (Å²) in [6.07, 6.45) is 9.66. The van der Waals surface area contributed by atoms with Crippen molar-refractivity contribution in [3.8, 4) is 5.75 Å². The Balaban J connectivity index is 1.78. The normalized spacial score (nSPS) is 36.9. The maximum Gasteiger partial charge on any atom is 0.162 e. The molecule has 2 nitrogen and oxygen atoms in total. The van der Waals surface area contributed by atoms with E-state index in [0.29, 0.717) is 29.5 Å². The summed E-state index contributed by atoms with van der Waals surface area (Å²) in [5.41, 5.74) is 2.89. The maximum absolute atomic E-state index is 12.7. The molecule has 1 aromatic carbocycles. The number of allylic oxidation sites excluding steroid dienone is 2. The first-order valence-electron chi connectivity index (χ1n) is 9.54. The van der Waals surface area contributed by atoms with Crippen LogP contribution < -0.4 is 4.74 Å². The van der Waals surface area contributed by atoms with E-state index >= 15 is 0 Å². The predicted molar refractivity (Wildman–Crippen MR) is 96.3 cm³/mol. The monoisotopic (exact) mass is 324 g/mol. The highest BCUT2D eigenvalue weighted by Crippen LogP contribution is 2.60. The van der Waals surface area contributed by atoms with E-state index in [0.717, 1.165) is 31.4 Å². The number of fused-ring (bicyclic) bond motifs is 5. The molecule has 2 heteroatoms. The summed E-state index contributed by atoms with van der Waals surface area (Å²) in [7, 11) is 1.75. The Morgan fingerprint density at radius 2 is 2.12 bits per heavy atom. The van der Waals surface area contributed by atoms with Crippen LogP contribution >= 0.6 is 0 Å². The highest BCUT2D eigenvalue weighted by Gasteiger charge is 2.56. The molecule has 1 aromatic rings. The van der Waals surface area contributed by atoms with Crippen LogP contribution in [0.4, 0.5) is 0 Å². The molecular formula is C22H28O2. The molecule has 5 atom stereocenters. The van der Waals surface area contributed by atoms with E-state index in [1.54, 1.807) is 7.11 Å². The Hall–Kier alpha value is -1.57. The Morgan fingerprint density at radius 1 is 1.29 bits per heavy atom. The minimum atomic E-state index is -0.0987. The Bertz CT molecular complexity index is 689. The van der Waals surface area contributed by atoms with Crippen molar-refractivity contribution in [2.45, 2.75) is 51.9 Å². The standard InChI is InChI=1S/C22H28O2/c1-4-14-12-15-13-16(24-3)6-7-17(15)18-10-11-22(5-2)19(21(14)18)8-9-20(22)23/h6-9,13-14,18-19,21H,4-5,10-12H2,1-3H3/t14-,18-,19+,21-,22+/m1/s1. The van der Waals surface area contributed by atoms with Crippen molar-refractivity contribution in [3.63, 3.8) is 0 Å². The van der Waals surface area contributed by atoms with Crippen LogP contribution in [0.15, 0.2) is 30.4 Å². The molecule has 0 unspecified atom stereocenters. The second-order valence-electron chi connectivity index (χ2n) is 7.92. The summed E-state index contributed by atoms with van der Waals surface area (Å²) in [5, 5.41) is 0. The molecule has 0 heterocycles. The van der Waals surface area contributed by atoms with Crippen molar-refractivity contribution in [1.82, 2.24) is 0 Å². The van der Waals surface area contributed by atoms with E-state index in [1.165, 1.54) is 17.5 Å². The molecule has 1 saturated carbocycles. The van der Waals surface area contributed by atoms with E-state index in [4.69, 9.17) is 4.74 Å². The van der Waals surface area contributed by atoms with Gasteiger partial charge in [-0.25, -0.2) is 0 Å². The number of ether oxygens (including phenoxy) is 1. The summed E-state index contributed by atoms with van der Waals surface area (Å²) in [5.74, 6) is 3.69. The number of ketones is 1. The zero-order valence-corrected chi connectivity index (χ0v) is 15.0. The zero-order valence-electron chi connectivity index (χ0n) is 15.0. The number of carbonyl (C=O) groups excluding carboxylic acids is 1. The van der Waals surface area contributed by atoms with Crippen molar-refractivity contribution < 1.29 is 9.53 Å². The van der Waals surface area contributed by atoms with Crippen LogP contribution in [0.1, 0.15) is 56.6 Å². The van der Waals surface area contributed by atoms with E-state index in [2.05, 4.69) is 38.1 Å². The summed E-state index contributed by atoms with van der Waals surface area (Å²) in [4.78, 5) is 12.7. The molecule has 4 rings (SSSR count). The van der Waals surface area contributed by atoms with E-state index in [9.17, 15) is 4.79 Å². The van der Waals surface area contributed by atoms with Gasteiger partial charge in [0.2, 0.25) is 0 Å². The van der Waals surface area contributed by atoms with Crippen LogP contribution in [0.3, 0.4) is 0 Å². The summed E-state index contributed by atoms with van der Waals surface area (Å²) in [6, 6.07) is 6.64. The largest absolute Gasteiger partial charge is 0.497 e. The molecule has 0 N–H and O–H groups in total. The molecule has 24 heavy (non-hydrogen) atoms. The van der Waals surface area contributed by atoms with Gasteiger partial charge in [0.1, 0.15) is 5.75 Å². The number of benzene rings is 1. The van der Waals surface area contributed by atoms with Crippen molar-refractivity contribution >= 4 is 5.78 Å². The molecule has 0 radical (unpaired) electrons.